The van der Waals surface area contributed by atoms with Crippen molar-refractivity contribution in [2.45, 2.75) is 33.2 Å². The second-order valence-corrected chi connectivity index (χ2v) is 4.92. The maximum Gasteiger partial charge on any atom is 0.255 e. The number of hydrogen-bond acceptors (Lipinski definition) is 5. The van der Waals surface area contributed by atoms with Crippen LogP contribution >= 0.6 is 0 Å². The van der Waals surface area contributed by atoms with Crippen molar-refractivity contribution in [2.75, 3.05) is 6.54 Å². The van der Waals surface area contributed by atoms with Crippen molar-refractivity contribution in [2.24, 2.45) is 0 Å². The quantitative estimate of drug-likeness (QED) is 0.878. The van der Waals surface area contributed by atoms with Crippen LogP contribution in [-0.4, -0.2) is 49.0 Å². The molecule has 20 heavy (non-hydrogen) atoms. The second kappa shape index (κ2) is 6.23. The molecule has 1 amide bonds. The zero-order valence-electron chi connectivity index (χ0n) is 11.9. The largest absolute Gasteiger partial charge is 0.336 e. The fourth-order valence-electron chi connectivity index (χ4n) is 1.94. The Hall–Kier alpha value is -2.31. The molecule has 0 aliphatic carbocycles. The molecule has 7 heteroatoms. The number of pyridine rings is 1. The molecule has 106 valence electrons. The highest BCUT2D eigenvalue weighted by Crippen LogP contribution is 2.10. The minimum atomic E-state index is -0.0281. The van der Waals surface area contributed by atoms with E-state index >= 15 is 0 Å². The Morgan fingerprint density at radius 2 is 2.20 bits per heavy atom. The number of nitrogens with zero attached hydrogens (tertiary/aromatic N) is 5. The molecule has 7 nitrogen and oxygen atoms in total. The number of nitrogens with one attached hydrogen (secondary N) is 1. The van der Waals surface area contributed by atoms with E-state index in [0.29, 0.717) is 24.4 Å². The minimum Gasteiger partial charge on any atom is -0.336 e. The molecule has 2 heterocycles. The van der Waals surface area contributed by atoms with Gasteiger partial charge in [0.1, 0.15) is 0 Å². The lowest BCUT2D eigenvalue weighted by Gasteiger charge is -2.26. The van der Waals surface area contributed by atoms with Gasteiger partial charge < -0.3 is 4.90 Å². The van der Waals surface area contributed by atoms with E-state index in [0.717, 1.165) is 5.56 Å². The number of tetrazole rings is 1. The first-order valence-corrected chi connectivity index (χ1v) is 6.53. The molecule has 2 aromatic rings. The van der Waals surface area contributed by atoms with E-state index < -0.39 is 0 Å². The van der Waals surface area contributed by atoms with E-state index in [2.05, 4.69) is 25.6 Å². The minimum absolute atomic E-state index is 0.0281. The van der Waals surface area contributed by atoms with Gasteiger partial charge in [-0.05, 0) is 32.4 Å². The third kappa shape index (κ3) is 3.37. The van der Waals surface area contributed by atoms with Gasteiger partial charge in [-0.25, -0.2) is 0 Å². The fourth-order valence-corrected chi connectivity index (χ4v) is 1.94. The van der Waals surface area contributed by atoms with Crippen molar-refractivity contribution in [3.63, 3.8) is 0 Å². The topological polar surface area (TPSA) is 87.7 Å². The van der Waals surface area contributed by atoms with Crippen molar-refractivity contribution in [1.29, 1.82) is 0 Å². The zero-order chi connectivity index (χ0) is 14.5. The van der Waals surface area contributed by atoms with Crippen LogP contribution in [0.4, 0.5) is 0 Å². The molecule has 2 aromatic heterocycles. The van der Waals surface area contributed by atoms with Crippen molar-refractivity contribution in [3.8, 4) is 0 Å². The lowest BCUT2D eigenvalue weighted by molar-refractivity contribution is 0.0706. The van der Waals surface area contributed by atoms with Crippen molar-refractivity contribution in [1.82, 2.24) is 30.5 Å². The summed E-state index contributed by atoms with van der Waals surface area (Å²) in [5.74, 6) is 0.575. The average Bonchev–Trinajstić information content (AvgIpc) is 2.91. The van der Waals surface area contributed by atoms with Gasteiger partial charge in [-0.1, -0.05) is 5.21 Å². The fraction of sp³-hybridized carbons (Fsp3) is 0.462. The summed E-state index contributed by atoms with van der Waals surface area (Å²) >= 11 is 0. The third-order valence-electron chi connectivity index (χ3n) is 2.97. The summed E-state index contributed by atoms with van der Waals surface area (Å²) in [4.78, 5) is 18.4. The van der Waals surface area contributed by atoms with Gasteiger partial charge >= 0.3 is 0 Å². The van der Waals surface area contributed by atoms with Gasteiger partial charge in [0.25, 0.3) is 5.91 Å². The maximum atomic E-state index is 12.5. The highest BCUT2D eigenvalue weighted by molar-refractivity contribution is 5.94. The number of H-pyrrole nitrogens is 1. The molecule has 0 spiro atoms. The Kier molecular flexibility index (Phi) is 4.39. The Balaban J connectivity index is 2.09. The highest BCUT2D eigenvalue weighted by Gasteiger charge is 2.19. The number of rotatable bonds is 5. The summed E-state index contributed by atoms with van der Waals surface area (Å²) in [5.41, 5.74) is 1.57. The van der Waals surface area contributed by atoms with Gasteiger partial charge in [-0.3, -0.25) is 9.78 Å². The number of carbonyl (C=O) groups is 1. The Bertz CT molecular complexity index is 566. The molecule has 0 atom stereocenters. The molecule has 0 saturated heterocycles. The third-order valence-corrected chi connectivity index (χ3v) is 2.97. The summed E-state index contributed by atoms with van der Waals surface area (Å²) in [5, 5.41) is 13.7. The first-order chi connectivity index (χ1) is 9.58. The van der Waals surface area contributed by atoms with Gasteiger partial charge in [0.15, 0.2) is 5.82 Å². The monoisotopic (exact) mass is 274 g/mol. The van der Waals surface area contributed by atoms with Gasteiger partial charge in [0.2, 0.25) is 0 Å². The number of carbonyl (C=O) groups excluding carboxylic acids is 1. The van der Waals surface area contributed by atoms with Crippen LogP contribution in [0.1, 0.15) is 35.6 Å². The number of aryl methyl sites for hydroxylation is 1. The molecule has 0 saturated carbocycles. The standard InChI is InChI=1S/C13H18N6O/c1-9(2)19(5-4-12-15-17-18-16-12)13(20)11-6-10(3)7-14-8-11/h6-9H,4-5H2,1-3H3,(H,15,16,17,18). The Labute approximate surface area is 117 Å². The molecule has 0 aliphatic heterocycles. The predicted octanol–water partition coefficient (Wildman–Crippen LogP) is 0.996. The van der Waals surface area contributed by atoms with E-state index in [-0.39, 0.29) is 11.9 Å². The van der Waals surface area contributed by atoms with Crippen LogP contribution in [-0.2, 0) is 6.42 Å². The van der Waals surface area contributed by atoms with E-state index in [1.54, 1.807) is 17.3 Å². The second-order valence-electron chi connectivity index (χ2n) is 4.92. The molecule has 0 fully saturated rings. The predicted molar refractivity (Wildman–Crippen MR) is 73.0 cm³/mol. The molecular formula is C13H18N6O. The molecule has 0 radical (unpaired) electrons. The summed E-state index contributed by atoms with van der Waals surface area (Å²) < 4.78 is 0. The van der Waals surface area contributed by atoms with Crippen LogP contribution in [0.3, 0.4) is 0 Å². The van der Waals surface area contributed by atoms with Crippen LogP contribution in [0.15, 0.2) is 18.5 Å². The van der Waals surface area contributed by atoms with Crippen LogP contribution in [0.5, 0.6) is 0 Å². The summed E-state index contributed by atoms with van der Waals surface area (Å²) in [7, 11) is 0. The van der Waals surface area contributed by atoms with Gasteiger partial charge in [-0.2, -0.15) is 5.21 Å². The van der Waals surface area contributed by atoms with Gasteiger partial charge in [-0.15, -0.1) is 10.2 Å². The van der Waals surface area contributed by atoms with Crippen molar-refractivity contribution >= 4 is 5.91 Å². The highest BCUT2D eigenvalue weighted by atomic mass is 16.2. The van der Waals surface area contributed by atoms with Crippen LogP contribution in [0.2, 0.25) is 0 Å². The zero-order valence-corrected chi connectivity index (χ0v) is 11.9. The first-order valence-electron chi connectivity index (χ1n) is 6.53. The summed E-state index contributed by atoms with van der Waals surface area (Å²) in [6.07, 6.45) is 3.90. The molecule has 1 N–H and O–H groups in total. The average molecular weight is 274 g/mol. The van der Waals surface area contributed by atoms with Gasteiger partial charge in [0, 0.05) is 31.4 Å². The maximum absolute atomic E-state index is 12.5. The molecule has 0 aromatic carbocycles. The molecule has 0 bridgehead atoms. The SMILES string of the molecule is Cc1cncc(C(=O)N(CCc2nn[nH]n2)C(C)C)c1. The lowest BCUT2D eigenvalue weighted by atomic mass is 10.1. The van der Waals surface area contributed by atoms with Gasteiger partial charge in [0.05, 0.1) is 5.56 Å². The lowest BCUT2D eigenvalue weighted by Crippen LogP contribution is -2.38. The molecular weight excluding hydrogens is 256 g/mol. The normalized spacial score (nSPS) is 10.8. The van der Waals surface area contributed by atoms with Crippen LogP contribution < -0.4 is 0 Å². The summed E-state index contributed by atoms with van der Waals surface area (Å²) in [6, 6.07) is 1.94. The van der Waals surface area contributed by atoms with Crippen molar-refractivity contribution < 1.29 is 4.79 Å². The Morgan fingerprint density at radius 1 is 1.40 bits per heavy atom. The number of amides is 1. The first kappa shape index (κ1) is 14.1. The molecule has 0 aliphatic rings. The number of aromatic amines is 1. The number of aromatic nitrogens is 5. The van der Waals surface area contributed by atoms with E-state index in [4.69, 9.17) is 0 Å². The number of hydrogen-bond donors (Lipinski definition) is 1. The summed E-state index contributed by atoms with van der Waals surface area (Å²) in [6.45, 7) is 6.43. The van der Waals surface area contributed by atoms with Crippen LogP contribution in [0.25, 0.3) is 0 Å². The smallest absolute Gasteiger partial charge is 0.255 e. The van der Waals surface area contributed by atoms with E-state index in [1.807, 2.05) is 26.8 Å². The molecule has 0 unspecified atom stereocenters. The van der Waals surface area contributed by atoms with Crippen LogP contribution in [0, 0.1) is 6.92 Å². The Morgan fingerprint density at radius 3 is 2.80 bits per heavy atom. The van der Waals surface area contributed by atoms with E-state index in [1.165, 1.54) is 0 Å². The van der Waals surface area contributed by atoms with Crippen molar-refractivity contribution in [3.05, 3.63) is 35.4 Å². The molecule has 2 rings (SSSR count). The van der Waals surface area contributed by atoms with E-state index in [9.17, 15) is 4.79 Å².